The fourth-order valence-corrected chi connectivity index (χ4v) is 2.75. The van der Waals surface area contributed by atoms with Gasteiger partial charge in [-0.2, -0.15) is 0 Å². The summed E-state index contributed by atoms with van der Waals surface area (Å²) in [6.07, 6.45) is 4.54. The Kier molecular flexibility index (Phi) is 6.46. The molecule has 1 fully saturated rings. The minimum absolute atomic E-state index is 0.0272. The van der Waals surface area contributed by atoms with Crippen LogP contribution in [0, 0.1) is 11.8 Å². The van der Waals surface area contributed by atoms with Crippen molar-refractivity contribution in [3.8, 4) is 0 Å². The zero-order valence-corrected chi connectivity index (χ0v) is 13.0. The summed E-state index contributed by atoms with van der Waals surface area (Å²) in [5.41, 5.74) is 5.51. The molecular weight excluding hydrogens is 254 g/mol. The van der Waals surface area contributed by atoms with E-state index in [2.05, 4.69) is 10.6 Å². The van der Waals surface area contributed by atoms with Gasteiger partial charge in [0.15, 0.2) is 0 Å². The Bertz CT molecular complexity index is 337. The van der Waals surface area contributed by atoms with Crippen molar-refractivity contribution in [2.45, 2.75) is 58.4 Å². The van der Waals surface area contributed by atoms with Crippen LogP contribution in [0.1, 0.15) is 52.9 Å². The van der Waals surface area contributed by atoms with Gasteiger partial charge in [0.2, 0.25) is 11.8 Å². The molecule has 116 valence electrons. The smallest absolute Gasteiger partial charge is 0.223 e. The molecule has 5 heteroatoms. The van der Waals surface area contributed by atoms with Gasteiger partial charge in [-0.1, -0.05) is 12.8 Å². The summed E-state index contributed by atoms with van der Waals surface area (Å²) in [6.45, 7) is 6.79. The molecule has 1 saturated carbocycles. The second-order valence-corrected chi connectivity index (χ2v) is 6.73. The van der Waals surface area contributed by atoms with Crippen LogP contribution in [-0.2, 0) is 9.59 Å². The van der Waals surface area contributed by atoms with E-state index >= 15 is 0 Å². The Hall–Kier alpha value is -1.10. The van der Waals surface area contributed by atoms with Crippen LogP contribution in [0.2, 0.25) is 0 Å². The molecule has 0 aromatic heterocycles. The molecule has 1 aliphatic rings. The minimum atomic E-state index is -0.227. The number of hydrogen-bond acceptors (Lipinski definition) is 3. The first-order valence-electron chi connectivity index (χ1n) is 7.62. The SMILES string of the molecule is CC(C)(C)NC(=O)CCNC(=O)C1CCCCC1CN. The molecule has 0 aliphatic heterocycles. The normalized spacial score (nSPS) is 23.2. The zero-order chi connectivity index (χ0) is 15.2. The summed E-state index contributed by atoms with van der Waals surface area (Å²) in [5, 5.41) is 5.76. The standard InChI is InChI=1S/C15H29N3O2/c1-15(2,3)18-13(19)8-9-17-14(20)12-7-5-4-6-11(12)10-16/h11-12H,4-10,16H2,1-3H3,(H,17,20)(H,18,19). The molecule has 2 amide bonds. The average molecular weight is 283 g/mol. The first-order valence-corrected chi connectivity index (χ1v) is 7.62. The lowest BCUT2D eigenvalue weighted by Gasteiger charge is -2.29. The highest BCUT2D eigenvalue weighted by Crippen LogP contribution is 2.29. The van der Waals surface area contributed by atoms with Crippen molar-refractivity contribution in [3.63, 3.8) is 0 Å². The molecule has 1 rings (SSSR count). The molecule has 2 unspecified atom stereocenters. The van der Waals surface area contributed by atoms with Crippen molar-refractivity contribution in [3.05, 3.63) is 0 Å². The fraction of sp³-hybridized carbons (Fsp3) is 0.867. The molecule has 5 nitrogen and oxygen atoms in total. The highest BCUT2D eigenvalue weighted by Gasteiger charge is 2.29. The highest BCUT2D eigenvalue weighted by atomic mass is 16.2. The summed E-state index contributed by atoms with van der Waals surface area (Å²) in [6, 6.07) is 0. The number of carbonyl (C=O) groups excluding carboxylic acids is 2. The summed E-state index contributed by atoms with van der Waals surface area (Å²) < 4.78 is 0. The van der Waals surface area contributed by atoms with E-state index in [9.17, 15) is 9.59 Å². The van der Waals surface area contributed by atoms with Gasteiger partial charge in [0, 0.05) is 24.4 Å². The maximum atomic E-state index is 12.1. The number of rotatable bonds is 5. The van der Waals surface area contributed by atoms with Gasteiger partial charge in [-0.25, -0.2) is 0 Å². The van der Waals surface area contributed by atoms with Gasteiger partial charge in [0.1, 0.15) is 0 Å². The molecule has 20 heavy (non-hydrogen) atoms. The Morgan fingerprint density at radius 3 is 2.45 bits per heavy atom. The molecule has 4 N–H and O–H groups in total. The maximum Gasteiger partial charge on any atom is 0.223 e. The lowest BCUT2D eigenvalue weighted by molar-refractivity contribution is -0.127. The molecule has 0 spiro atoms. The van der Waals surface area contributed by atoms with Crippen LogP contribution in [0.15, 0.2) is 0 Å². The predicted molar refractivity (Wildman–Crippen MR) is 80.0 cm³/mol. The third-order valence-corrected chi connectivity index (χ3v) is 3.71. The molecule has 2 atom stereocenters. The molecule has 0 aromatic rings. The topological polar surface area (TPSA) is 84.2 Å². The monoisotopic (exact) mass is 283 g/mol. The maximum absolute atomic E-state index is 12.1. The Labute approximate surface area is 122 Å². The van der Waals surface area contributed by atoms with Crippen LogP contribution in [0.3, 0.4) is 0 Å². The molecule has 0 saturated heterocycles. The lowest BCUT2D eigenvalue weighted by Crippen LogP contribution is -2.43. The van der Waals surface area contributed by atoms with Crippen molar-refractivity contribution in [1.29, 1.82) is 0 Å². The second-order valence-electron chi connectivity index (χ2n) is 6.73. The summed E-state index contributed by atoms with van der Waals surface area (Å²) in [7, 11) is 0. The summed E-state index contributed by atoms with van der Waals surface area (Å²) in [5.74, 6) is 0.354. The number of nitrogens with one attached hydrogen (secondary N) is 2. The third-order valence-electron chi connectivity index (χ3n) is 3.71. The highest BCUT2D eigenvalue weighted by molar-refractivity contribution is 5.81. The van der Waals surface area contributed by atoms with Crippen molar-refractivity contribution in [1.82, 2.24) is 10.6 Å². The zero-order valence-electron chi connectivity index (χ0n) is 13.0. The van der Waals surface area contributed by atoms with Gasteiger partial charge in [0.05, 0.1) is 0 Å². The quantitative estimate of drug-likeness (QED) is 0.708. The Balaban J connectivity index is 2.30. The van der Waals surface area contributed by atoms with Crippen LogP contribution in [0.25, 0.3) is 0 Å². The van der Waals surface area contributed by atoms with Crippen molar-refractivity contribution in [2.24, 2.45) is 17.6 Å². The molecular formula is C15H29N3O2. The van der Waals surface area contributed by atoms with Gasteiger partial charge in [0.25, 0.3) is 0 Å². The number of amides is 2. The second kappa shape index (κ2) is 7.62. The average Bonchev–Trinajstić information content (AvgIpc) is 2.36. The number of hydrogen-bond donors (Lipinski definition) is 3. The Morgan fingerprint density at radius 1 is 1.20 bits per heavy atom. The van der Waals surface area contributed by atoms with Crippen LogP contribution in [0.4, 0.5) is 0 Å². The van der Waals surface area contributed by atoms with E-state index in [1.54, 1.807) is 0 Å². The van der Waals surface area contributed by atoms with E-state index in [-0.39, 0.29) is 23.3 Å². The number of nitrogens with two attached hydrogens (primary N) is 1. The first-order chi connectivity index (χ1) is 9.33. The Morgan fingerprint density at radius 2 is 1.85 bits per heavy atom. The molecule has 0 aromatic carbocycles. The summed E-state index contributed by atoms with van der Waals surface area (Å²) in [4.78, 5) is 23.8. The van der Waals surface area contributed by atoms with Crippen LogP contribution >= 0.6 is 0 Å². The van der Waals surface area contributed by atoms with Crippen molar-refractivity contribution in [2.75, 3.05) is 13.1 Å². The van der Waals surface area contributed by atoms with Gasteiger partial charge in [-0.05, 0) is 46.1 Å². The van der Waals surface area contributed by atoms with Crippen LogP contribution < -0.4 is 16.4 Å². The molecule has 0 heterocycles. The largest absolute Gasteiger partial charge is 0.355 e. The minimum Gasteiger partial charge on any atom is -0.355 e. The van der Waals surface area contributed by atoms with E-state index in [1.807, 2.05) is 20.8 Å². The summed E-state index contributed by atoms with van der Waals surface area (Å²) >= 11 is 0. The molecule has 0 bridgehead atoms. The lowest BCUT2D eigenvalue weighted by atomic mass is 9.79. The van der Waals surface area contributed by atoms with E-state index in [1.165, 1.54) is 6.42 Å². The van der Waals surface area contributed by atoms with Gasteiger partial charge in [-0.15, -0.1) is 0 Å². The van der Waals surface area contributed by atoms with Gasteiger partial charge in [-0.3, -0.25) is 9.59 Å². The van der Waals surface area contributed by atoms with Crippen molar-refractivity contribution >= 4 is 11.8 Å². The molecule has 0 radical (unpaired) electrons. The van der Waals surface area contributed by atoms with E-state index in [4.69, 9.17) is 5.73 Å². The third kappa shape index (κ3) is 5.90. The predicted octanol–water partition coefficient (Wildman–Crippen LogP) is 1.17. The van der Waals surface area contributed by atoms with E-state index in [0.29, 0.717) is 25.4 Å². The van der Waals surface area contributed by atoms with Gasteiger partial charge < -0.3 is 16.4 Å². The fourth-order valence-electron chi connectivity index (χ4n) is 2.75. The molecule has 1 aliphatic carbocycles. The van der Waals surface area contributed by atoms with Crippen LogP contribution in [-0.4, -0.2) is 30.4 Å². The first kappa shape index (κ1) is 17.0. The van der Waals surface area contributed by atoms with E-state index in [0.717, 1.165) is 19.3 Å². The number of carbonyl (C=O) groups is 2. The van der Waals surface area contributed by atoms with Gasteiger partial charge >= 0.3 is 0 Å². The van der Waals surface area contributed by atoms with Crippen LogP contribution in [0.5, 0.6) is 0 Å². The van der Waals surface area contributed by atoms with Crippen molar-refractivity contribution < 1.29 is 9.59 Å². The van der Waals surface area contributed by atoms with E-state index < -0.39 is 0 Å².